The van der Waals surface area contributed by atoms with Crippen molar-refractivity contribution in [3.8, 4) is 11.3 Å². The zero-order valence-electron chi connectivity index (χ0n) is 15.1. The highest BCUT2D eigenvalue weighted by atomic mass is 19.3. The van der Waals surface area contributed by atoms with Crippen LogP contribution < -0.4 is 10.6 Å². The molecule has 0 saturated heterocycles. The Labute approximate surface area is 160 Å². The second-order valence-electron chi connectivity index (χ2n) is 6.18. The number of esters is 1. The van der Waals surface area contributed by atoms with Crippen LogP contribution in [0.2, 0.25) is 0 Å². The number of methoxy groups -OCH3 is 1. The van der Waals surface area contributed by atoms with Crippen LogP contribution >= 0.6 is 0 Å². The number of aromatic nitrogens is 2. The summed E-state index contributed by atoms with van der Waals surface area (Å²) in [4.78, 5) is 19.7. The maximum absolute atomic E-state index is 13.4. The molecule has 1 saturated carbocycles. The van der Waals surface area contributed by atoms with Gasteiger partial charge >= 0.3 is 5.97 Å². The van der Waals surface area contributed by atoms with Crippen molar-refractivity contribution in [1.29, 1.82) is 5.41 Å². The van der Waals surface area contributed by atoms with Crippen LogP contribution in [0.5, 0.6) is 0 Å². The van der Waals surface area contributed by atoms with Gasteiger partial charge in [-0.3, -0.25) is 0 Å². The average Bonchev–Trinajstić information content (AvgIpc) is 3.54. The predicted octanol–water partition coefficient (Wildman–Crippen LogP) is 3.52. The third-order valence-electron chi connectivity index (χ3n) is 4.10. The van der Waals surface area contributed by atoms with Crippen LogP contribution in [0.15, 0.2) is 42.4 Å². The summed E-state index contributed by atoms with van der Waals surface area (Å²) in [6, 6.07) is 6.41. The summed E-state index contributed by atoms with van der Waals surface area (Å²) in [5.74, 6) is -0.432. The zero-order chi connectivity index (χ0) is 20.1. The number of carbonyl (C=O) groups is 1. The molecule has 0 spiro atoms. The molecule has 146 valence electrons. The van der Waals surface area contributed by atoms with E-state index in [1.54, 1.807) is 6.20 Å². The third kappa shape index (κ3) is 4.67. The lowest BCUT2D eigenvalue weighted by Crippen LogP contribution is -2.13. The Kier molecular flexibility index (Phi) is 5.93. The molecule has 0 radical (unpaired) electrons. The van der Waals surface area contributed by atoms with Crippen LogP contribution in [0.4, 0.5) is 14.7 Å². The van der Waals surface area contributed by atoms with Gasteiger partial charge in [-0.25, -0.2) is 23.5 Å². The number of benzene rings is 1. The lowest BCUT2D eigenvalue weighted by Gasteiger charge is -2.12. The molecule has 0 bridgehead atoms. The van der Waals surface area contributed by atoms with Crippen LogP contribution in [0.25, 0.3) is 11.3 Å². The van der Waals surface area contributed by atoms with Crippen molar-refractivity contribution in [1.82, 2.24) is 15.3 Å². The summed E-state index contributed by atoms with van der Waals surface area (Å²) in [5, 5.41) is 13.4. The monoisotopic (exact) mass is 387 g/mol. The van der Waals surface area contributed by atoms with E-state index >= 15 is 0 Å². The topological polar surface area (TPSA) is 100.0 Å². The normalized spacial score (nSPS) is 13.9. The number of allylic oxidation sites excluding steroid dienone is 1. The molecular formula is C19H19F2N5O2. The van der Waals surface area contributed by atoms with Crippen LogP contribution in [0.3, 0.4) is 0 Å². The molecular weight excluding hydrogens is 368 g/mol. The Morgan fingerprint density at radius 1 is 1.32 bits per heavy atom. The number of nitrogens with zero attached hydrogens (tertiary/aromatic N) is 2. The van der Waals surface area contributed by atoms with Crippen LogP contribution in [0, 0.1) is 5.41 Å². The van der Waals surface area contributed by atoms with E-state index in [0.29, 0.717) is 22.9 Å². The molecule has 0 unspecified atom stereocenters. The van der Waals surface area contributed by atoms with Gasteiger partial charge in [0.15, 0.2) is 0 Å². The molecule has 9 heteroatoms. The number of hydrogen-bond donors (Lipinski definition) is 3. The third-order valence-corrected chi connectivity index (χ3v) is 4.10. The molecule has 0 aliphatic heterocycles. The molecule has 1 aromatic heterocycles. The Balaban J connectivity index is 1.89. The van der Waals surface area contributed by atoms with Gasteiger partial charge in [0.1, 0.15) is 0 Å². The molecule has 1 aromatic carbocycles. The van der Waals surface area contributed by atoms with Crippen LogP contribution in [-0.4, -0.2) is 35.3 Å². The van der Waals surface area contributed by atoms with E-state index in [9.17, 15) is 13.6 Å². The molecule has 1 fully saturated rings. The van der Waals surface area contributed by atoms with Gasteiger partial charge in [0.25, 0.3) is 6.43 Å². The summed E-state index contributed by atoms with van der Waals surface area (Å²) in [5.41, 5.74) is 0.835. The van der Waals surface area contributed by atoms with Crippen molar-refractivity contribution in [3.63, 3.8) is 0 Å². The van der Waals surface area contributed by atoms with E-state index in [1.165, 1.54) is 31.4 Å². The van der Waals surface area contributed by atoms with Gasteiger partial charge in [0, 0.05) is 30.2 Å². The van der Waals surface area contributed by atoms with Crippen LogP contribution in [-0.2, 0) is 4.74 Å². The minimum atomic E-state index is -2.77. The van der Waals surface area contributed by atoms with E-state index in [1.807, 2.05) is 0 Å². The van der Waals surface area contributed by atoms with Gasteiger partial charge in [0.2, 0.25) is 5.95 Å². The van der Waals surface area contributed by atoms with E-state index < -0.39 is 12.4 Å². The number of nitrogens with one attached hydrogen (secondary N) is 3. The second kappa shape index (κ2) is 8.55. The fraction of sp³-hybridized carbons (Fsp3) is 0.263. The Bertz CT molecular complexity index is 896. The molecule has 2 aromatic rings. The zero-order valence-corrected chi connectivity index (χ0v) is 15.1. The molecule has 1 aliphatic carbocycles. The number of rotatable bonds is 8. The first kappa shape index (κ1) is 19.4. The summed E-state index contributed by atoms with van der Waals surface area (Å²) < 4.78 is 31.5. The molecule has 3 rings (SSSR count). The molecule has 0 amide bonds. The minimum absolute atomic E-state index is 0.0448. The van der Waals surface area contributed by atoms with Crippen molar-refractivity contribution in [3.05, 3.63) is 53.5 Å². The Morgan fingerprint density at radius 3 is 2.61 bits per heavy atom. The summed E-state index contributed by atoms with van der Waals surface area (Å²) in [6.07, 6.45) is 3.17. The number of carbonyl (C=O) groups excluding carboxylic acids is 1. The van der Waals surface area contributed by atoms with Crippen molar-refractivity contribution >= 4 is 18.1 Å². The maximum Gasteiger partial charge on any atom is 0.337 e. The average molecular weight is 387 g/mol. The quantitative estimate of drug-likeness (QED) is 0.473. The highest BCUT2D eigenvalue weighted by molar-refractivity contribution is 5.90. The molecule has 3 N–H and O–H groups in total. The number of hydrogen-bond acceptors (Lipinski definition) is 7. The van der Waals surface area contributed by atoms with Crippen molar-refractivity contribution in [2.75, 3.05) is 12.4 Å². The number of anilines is 1. The molecule has 1 heterocycles. The summed E-state index contributed by atoms with van der Waals surface area (Å²) >= 11 is 0. The summed E-state index contributed by atoms with van der Waals surface area (Å²) in [6.45, 7) is 0. The maximum atomic E-state index is 13.4. The Hall–Kier alpha value is -3.36. The van der Waals surface area contributed by atoms with Gasteiger partial charge in [0.05, 0.1) is 29.6 Å². The van der Waals surface area contributed by atoms with Crippen molar-refractivity contribution in [2.24, 2.45) is 0 Å². The van der Waals surface area contributed by atoms with E-state index in [2.05, 4.69) is 25.3 Å². The fourth-order valence-corrected chi connectivity index (χ4v) is 2.42. The largest absolute Gasteiger partial charge is 0.465 e. The van der Waals surface area contributed by atoms with Gasteiger partial charge in [-0.15, -0.1) is 0 Å². The highest BCUT2D eigenvalue weighted by Crippen LogP contribution is 2.30. The SMILES string of the molecule is COC(=O)c1ccc(-c2nc(N/C(C=N)=C/NC3CC3)ncc2C(F)F)cc1. The second-order valence-corrected chi connectivity index (χ2v) is 6.18. The van der Waals surface area contributed by atoms with Crippen molar-refractivity contribution in [2.45, 2.75) is 25.3 Å². The van der Waals surface area contributed by atoms with E-state index in [-0.39, 0.29) is 17.2 Å². The van der Waals surface area contributed by atoms with Crippen molar-refractivity contribution < 1.29 is 18.3 Å². The van der Waals surface area contributed by atoms with Gasteiger partial charge < -0.3 is 20.8 Å². The first-order valence-electron chi connectivity index (χ1n) is 8.59. The summed E-state index contributed by atoms with van der Waals surface area (Å²) in [7, 11) is 1.26. The van der Waals surface area contributed by atoms with E-state index in [4.69, 9.17) is 5.41 Å². The molecule has 1 aliphatic rings. The first-order valence-corrected chi connectivity index (χ1v) is 8.59. The van der Waals surface area contributed by atoms with Crippen LogP contribution in [0.1, 0.15) is 35.2 Å². The lowest BCUT2D eigenvalue weighted by molar-refractivity contribution is 0.0600. The van der Waals surface area contributed by atoms with Gasteiger partial charge in [-0.2, -0.15) is 0 Å². The molecule has 7 nitrogen and oxygen atoms in total. The standard InChI is InChI=1S/C19H19F2N5O2/c1-28-18(27)12-4-2-11(3-5-12)16-15(17(20)21)10-24-19(26-16)25-14(8-22)9-23-13-6-7-13/h2-5,8-10,13,17,22-23H,6-7H2,1H3,(H,24,25,26)/b14-9+,22-8?. The Morgan fingerprint density at radius 2 is 2.04 bits per heavy atom. The smallest absolute Gasteiger partial charge is 0.337 e. The first-order chi connectivity index (χ1) is 13.5. The van der Waals surface area contributed by atoms with E-state index in [0.717, 1.165) is 25.3 Å². The minimum Gasteiger partial charge on any atom is -0.465 e. The lowest BCUT2D eigenvalue weighted by atomic mass is 10.1. The predicted molar refractivity (Wildman–Crippen MR) is 100 cm³/mol. The highest BCUT2D eigenvalue weighted by Gasteiger charge is 2.20. The van der Waals surface area contributed by atoms with Gasteiger partial charge in [-0.1, -0.05) is 12.1 Å². The van der Waals surface area contributed by atoms with Gasteiger partial charge in [-0.05, 0) is 25.0 Å². The number of alkyl halides is 2. The molecule has 28 heavy (non-hydrogen) atoms. The number of halogens is 2. The fourth-order valence-electron chi connectivity index (χ4n) is 2.42. The number of ether oxygens (including phenoxy) is 1. The molecule has 0 atom stereocenters.